The van der Waals surface area contributed by atoms with Crippen molar-refractivity contribution in [1.29, 1.82) is 0 Å². The van der Waals surface area contributed by atoms with Crippen LogP contribution in [0.15, 0.2) is 89.9 Å². The Labute approximate surface area is 137 Å². The molecule has 0 N–H and O–H groups in total. The predicted molar refractivity (Wildman–Crippen MR) is 98.3 cm³/mol. The largest absolute Gasteiger partial charge is 0.206 e. The van der Waals surface area contributed by atoms with Gasteiger partial charge < -0.3 is 0 Å². The first kappa shape index (κ1) is 15.0. The summed E-state index contributed by atoms with van der Waals surface area (Å²) in [6.45, 7) is 2.04. The Bertz CT molecular complexity index is 826. The first-order valence-corrected chi connectivity index (χ1v) is 7.80. The molecule has 0 radical (unpaired) electrons. The van der Waals surface area contributed by atoms with Gasteiger partial charge in [0, 0.05) is 5.57 Å². The van der Waals surface area contributed by atoms with Crippen LogP contribution in [-0.2, 0) is 6.42 Å². The molecule has 0 unspecified atom stereocenters. The molecule has 112 valence electrons. The lowest BCUT2D eigenvalue weighted by atomic mass is 10.0. The van der Waals surface area contributed by atoms with Gasteiger partial charge in [-0.05, 0) is 42.0 Å². The van der Waals surface area contributed by atoms with E-state index < -0.39 is 0 Å². The molecule has 0 fully saturated rings. The van der Waals surface area contributed by atoms with Gasteiger partial charge in [-0.15, -0.1) is 0 Å². The van der Waals surface area contributed by atoms with Gasteiger partial charge in [0.1, 0.15) is 0 Å². The minimum atomic E-state index is 0.882. The fourth-order valence-electron chi connectivity index (χ4n) is 2.48. The highest BCUT2D eigenvalue weighted by atomic mass is 14.7. The monoisotopic (exact) mass is 297 g/mol. The van der Waals surface area contributed by atoms with Crippen LogP contribution in [0.5, 0.6) is 0 Å². The van der Waals surface area contributed by atoms with Crippen molar-refractivity contribution in [3.63, 3.8) is 0 Å². The molecule has 0 bridgehead atoms. The Morgan fingerprint density at radius 3 is 2.13 bits per heavy atom. The Balaban J connectivity index is 1.90. The summed E-state index contributed by atoms with van der Waals surface area (Å²) < 4.78 is 0. The molecule has 3 rings (SSSR count). The maximum atomic E-state index is 4.59. The molecule has 0 spiro atoms. The number of hydrogen-bond donors (Lipinski definition) is 0. The van der Waals surface area contributed by atoms with Gasteiger partial charge in [0.2, 0.25) is 0 Å². The van der Waals surface area contributed by atoms with Crippen LogP contribution >= 0.6 is 0 Å². The fourth-order valence-corrected chi connectivity index (χ4v) is 2.48. The van der Waals surface area contributed by atoms with Crippen LogP contribution in [0.1, 0.15) is 23.6 Å². The summed E-state index contributed by atoms with van der Waals surface area (Å²) in [4.78, 5) is 4.59. The third-order valence-electron chi connectivity index (χ3n) is 3.78. The lowest BCUT2D eigenvalue weighted by Crippen LogP contribution is -1.88. The third kappa shape index (κ3) is 4.06. The molecule has 0 saturated carbocycles. The van der Waals surface area contributed by atoms with Crippen molar-refractivity contribution in [2.45, 2.75) is 13.3 Å². The number of rotatable bonds is 4. The first-order chi connectivity index (χ1) is 11.3. The van der Waals surface area contributed by atoms with Gasteiger partial charge in [0.15, 0.2) is 0 Å². The fraction of sp³-hybridized carbons (Fsp3) is 0.0909. The normalized spacial score (nSPS) is 9.96. The maximum absolute atomic E-state index is 4.59. The Hall–Kier alpha value is -2.89. The minimum absolute atomic E-state index is 0.882. The smallest absolute Gasteiger partial charge is 0.0765 e. The van der Waals surface area contributed by atoms with Crippen molar-refractivity contribution >= 4 is 17.1 Å². The molecule has 0 aliphatic carbocycles. The first-order valence-electron chi connectivity index (χ1n) is 7.80. The predicted octanol–water partition coefficient (Wildman–Crippen LogP) is 5.68. The van der Waals surface area contributed by atoms with Crippen molar-refractivity contribution in [2.75, 3.05) is 0 Å². The van der Waals surface area contributed by atoms with Gasteiger partial charge in [-0.25, -0.2) is 4.99 Å². The molecule has 0 atom stereocenters. The number of aliphatic imine (C=N–C) groups is 1. The number of para-hydroxylation sites is 1. The maximum Gasteiger partial charge on any atom is 0.0765 e. The SMILES string of the molecule is CC(=C=Nc1ccccc1Cc1ccccc1)c1ccccc1. The van der Waals surface area contributed by atoms with Crippen LogP contribution in [0, 0.1) is 0 Å². The molecule has 0 amide bonds. The summed E-state index contributed by atoms with van der Waals surface area (Å²) in [6.07, 6.45) is 0.882. The number of benzene rings is 3. The zero-order chi connectivity index (χ0) is 15.9. The second kappa shape index (κ2) is 7.40. The highest BCUT2D eigenvalue weighted by molar-refractivity contribution is 5.89. The van der Waals surface area contributed by atoms with Gasteiger partial charge in [0.25, 0.3) is 0 Å². The average Bonchev–Trinajstić information content (AvgIpc) is 2.62. The van der Waals surface area contributed by atoms with Crippen LogP contribution in [0.4, 0.5) is 5.69 Å². The van der Waals surface area contributed by atoms with Crippen molar-refractivity contribution < 1.29 is 0 Å². The van der Waals surface area contributed by atoms with E-state index in [9.17, 15) is 0 Å². The van der Waals surface area contributed by atoms with E-state index in [-0.39, 0.29) is 0 Å². The molecule has 3 aromatic rings. The van der Waals surface area contributed by atoms with E-state index in [1.54, 1.807) is 0 Å². The molecular formula is C22H19N. The van der Waals surface area contributed by atoms with Gasteiger partial charge in [0.05, 0.1) is 5.69 Å². The summed E-state index contributed by atoms with van der Waals surface area (Å²) in [5, 5.41) is 0. The van der Waals surface area contributed by atoms with Gasteiger partial charge in [-0.3, -0.25) is 0 Å². The number of nitrogens with zero attached hydrogens (tertiary/aromatic N) is 1. The number of allylic oxidation sites excluding steroid dienone is 1. The van der Waals surface area contributed by atoms with Gasteiger partial charge in [-0.1, -0.05) is 78.9 Å². The van der Waals surface area contributed by atoms with Crippen LogP contribution < -0.4 is 0 Å². The zero-order valence-corrected chi connectivity index (χ0v) is 13.2. The quantitative estimate of drug-likeness (QED) is 0.549. The minimum Gasteiger partial charge on any atom is -0.206 e. The summed E-state index contributed by atoms with van der Waals surface area (Å²) in [7, 11) is 0. The van der Waals surface area contributed by atoms with E-state index >= 15 is 0 Å². The Kier molecular flexibility index (Phi) is 4.83. The van der Waals surface area contributed by atoms with E-state index in [1.807, 2.05) is 43.3 Å². The van der Waals surface area contributed by atoms with Crippen LogP contribution in [0.2, 0.25) is 0 Å². The summed E-state index contributed by atoms with van der Waals surface area (Å²) in [5.41, 5.74) is 5.68. The molecular weight excluding hydrogens is 278 g/mol. The topological polar surface area (TPSA) is 12.4 Å². The highest BCUT2D eigenvalue weighted by Crippen LogP contribution is 2.22. The molecule has 1 heteroatoms. The zero-order valence-electron chi connectivity index (χ0n) is 13.2. The average molecular weight is 297 g/mol. The molecule has 0 aliphatic heterocycles. The molecule has 0 heterocycles. The molecule has 0 aromatic heterocycles. The van der Waals surface area contributed by atoms with E-state index in [4.69, 9.17) is 0 Å². The Morgan fingerprint density at radius 1 is 0.783 bits per heavy atom. The van der Waals surface area contributed by atoms with Crippen LogP contribution in [0.25, 0.3) is 5.57 Å². The van der Waals surface area contributed by atoms with E-state index in [2.05, 4.69) is 59.4 Å². The second-order valence-corrected chi connectivity index (χ2v) is 5.51. The molecule has 1 nitrogen and oxygen atoms in total. The Morgan fingerprint density at radius 2 is 1.39 bits per heavy atom. The van der Waals surface area contributed by atoms with E-state index in [0.717, 1.165) is 23.2 Å². The van der Waals surface area contributed by atoms with Crippen LogP contribution in [-0.4, -0.2) is 5.87 Å². The van der Waals surface area contributed by atoms with Crippen molar-refractivity contribution in [1.82, 2.24) is 0 Å². The number of hydrogen-bond acceptors (Lipinski definition) is 1. The van der Waals surface area contributed by atoms with Gasteiger partial charge in [-0.2, -0.15) is 0 Å². The third-order valence-corrected chi connectivity index (χ3v) is 3.78. The van der Waals surface area contributed by atoms with E-state index in [1.165, 1.54) is 11.1 Å². The van der Waals surface area contributed by atoms with Crippen molar-refractivity contribution in [3.05, 3.63) is 102 Å². The van der Waals surface area contributed by atoms with Crippen LogP contribution in [0.3, 0.4) is 0 Å². The van der Waals surface area contributed by atoms with Crippen molar-refractivity contribution in [3.8, 4) is 0 Å². The van der Waals surface area contributed by atoms with Gasteiger partial charge >= 0.3 is 0 Å². The summed E-state index contributed by atoms with van der Waals surface area (Å²) in [5.74, 6) is 3.18. The standard InChI is InChI=1S/C22H19N/c1-18(20-12-6-3-7-13-20)17-23-22-15-9-8-14-21(22)16-19-10-4-2-5-11-19/h2-15H,16H2,1H3. The highest BCUT2D eigenvalue weighted by Gasteiger charge is 2.01. The summed E-state index contributed by atoms with van der Waals surface area (Å²) in [6, 6.07) is 29.0. The summed E-state index contributed by atoms with van der Waals surface area (Å²) >= 11 is 0. The molecule has 3 aromatic carbocycles. The lowest BCUT2D eigenvalue weighted by Gasteiger charge is -2.05. The molecule has 23 heavy (non-hydrogen) atoms. The molecule has 0 saturated heterocycles. The lowest BCUT2D eigenvalue weighted by molar-refractivity contribution is 1.18. The van der Waals surface area contributed by atoms with E-state index in [0.29, 0.717) is 0 Å². The second-order valence-electron chi connectivity index (χ2n) is 5.51. The molecule has 0 aliphatic rings. The van der Waals surface area contributed by atoms with Crippen molar-refractivity contribution in [2.24, 2.45) is 4.99 Å².